The molecule has 2 rings (SSSR count). The third-order valence-electron chi connectivity index (χ3n) is 3.31. The highest BCUT2D eigenvalue weighted by Gasteiger charge is 2.64. The van der Waals surface area contributed by atoms with E-state index in [1.165, 1.54) is 7.11 Å². The number of carbonyl (C=O) groups is 1. The second-order valence-electron chi connectivity index (χ2n) is 3.89. The number of esters is 1. The van der Waals surface area contributed by atoms with Crippen LogP contribution >= 0.6 is 0 Å². The number of carbonyl (C=O) groups excluding carboxylic acids is 1. The van der Waals surface area contributed by atoms with Crippen LogP contribution in [0.3, 0.4) is 0 Å². The Hall–Kier alpha value is -0.610. The first-order chi connectivity index (χ1) is 6.74. The number of epoxide rings is 1. The maximum Gasteiger partial charge on any atom is 0.338 e. The number of rotatable bonds is 3. The molecule has 2 saturated heterocycles. The zero-order chi connectivity index (χ0) is 10.2. The molecule has 0 radical (unpaired) electrons. The van der Waals surface area contributed by atoms with Crippen LogP contribution in [-0.4, -0.2) is 38.0 Å². The van der Waals surface area contributed by atoms with Crippen molar-refractivity contribution in [3.63, 3.8) is 0 Å². The lowest BCUT2D eigenvalue weighted by Gasteiger charge is -2.15. The molecule has 0 amide bonds. The monoisotopic (exact) mass is 200 g/mol. The van der Waals surface area contributed by atoms with E-state index in [4.69, 9.17) is 9.47 Å². The molecule has 80 valence electrons. The van der Waals surface area contributed by atoms with Crippen molar-refractivity contribution in [3.05, 3.63) is 0 Å². The molecule has 0 spiro atoms. The van der Waals surface area contributed by atoms with E-state index in [0.717, 1.165) is 19.4 Å². The predicted molar refractivity (Wildman–Crippen MR) is 48.8 cm³/mol. The van der Waals surface area contributed by atoms with Crippen molar-refractivity contribution in [3.8, 4) is 0 Å². The molecule has 3 unspecified atom stereocenters. The number of hydrogen-bond donors (Lipinski definition) is 0. The largest absolute Gasteiger partial charge is 0.467 e. The van der Waals surface area contributed by atoms with Crippen molar-refractivity contribution in [2.45, 2.75) is 31.5 Å². The van der Waals surface area contributed by atoms with Crippen molar-refractivity contribution < 1.29 is 19.0 Å². The van der Waals surface area contributed by atoms with Crippen molar-refractivity contribution in [1.29, 1.82) is 0 Å². The normalized spacial score (nSPS) is 41.0. The molecule has 0 saturated carbocycles. The number of methoxy groups -OCH3 is 1. The van der Waals surface area contributed by atoms with Crippen LogP contribution in [0.15, 0.2) is 0 Å². The highest BCUT2D eigenvalue weighted by molar-refractivity contribution is 5.79. The Morgan fingerprint density at radius 2 is 2.43 bits per heavy atom. The van der Waals surface area contributed by atoms with Gasteiger partial charge in [-0.1, -0.05) is 6.92 Å². The molecule has 14 heavy (non-hydrogen) atoms. The first-order valence-electron chi connectivity index (χ1n) is 5.08. The van der Waals surface area contributed by atoms with Gasteiger partial charge in [-0.3, -0.25) is 0 Å². The summed E-state index contributed by atoms with van der Waals surface area (Å²) >= 11 is 0. The lowest BCUT2D eigenvalue weighted by Crippen LogP contribution is -2.30. The Bertz CT molecular complexity index is 234. The molecule has 0 N–H and O–H groups in total. The Kier molecular flexibility index (Phi) is 2.49. The molecule has 2 fully saturated rings. The summed E-state index contributed by atoms with van der Waals surface area (Å²) in [6, 6.07) is 0. The Balaban J connectivity index is 2.03. The van der Waals surface area contributed by atoms with Crippen molar-refractivity contribution in [2.75, 3.05) is 20.3 Å². The number of ether oxygens (including phenoxy) is 3. The smallest absolute Gasteiger partial charge is 0.338 e. The topological polar surface area (TPSA) is 48.1 Å². The van der Waals surface area contributed by atoms with Crippen LogP contribution < -0.4 is 0 Å². The maximum atomic E-state index is 11.3. The second-order valence-corrected chi connectivity index (χ2v) is 3.89. The maximum absolute atomic E-state index is 11.3. The van der Waals surface area contributed by atoms with Crippen LogP contribution in [0.2, 0.25) is 0 Å². The quantitative estimate of drug-likeness (QED) is 0.498. The van der Waals surface area contributed by atoms with Crippen LogP contribution in [0.4, 0.5) is 0 Å². The Labute approximate surface area is 83.5 Å². The minimum absolute atomic E-state index is 0.251. The van der Waals surface area contributed by atoms with Gasteiger partial charge >= 0.3 is 5.97 Å². The summed E-state index contributed by atoms with van der Waals surface area (Å²) in [5, 5.41) is 0. The van der Waals surface area contributed by atoms with Gasteiger partial charge in [-0.2, -0.15) is 0 Å². The SMILES string of the molecule is CCC1(C2CCOC2)OC1C(=O)OC. The van der Waals surface area contributed by atoms with E-state index < -0.39 is 0 Å². The van der Waals surface area contributed by atoms with Crippen LogP contribution in [0.5, 0.6) is 0 Å². The van der Waals surface area contributed by atoms with Gasteiger partial charge < -0.3 is 14.2 Å². The van der Waals surface area contributed by atoms with E-state index in [9.17, 15) is 4.79 Å². The highest BCUT2D eigenvalue weighted by atomic mass is 16.7. The summed E-state index contributed by atoms with van der Waals surface area (Å²) in [7, 11) is 1.40. The average Bonchev–Trinajstić information content (AvgIpc) is 2.71. The van der Waals surface area contributed by atoms with Crippen LogP contribution in [0.1, 0.15) is 19.8 Å². The molecular formula is C10H16O4. The average molecular weight is 200 g/mol. The number of hydrogen-bond acceptors (Lipinski definition) is 4. The van der Waals surface area contributed by atoms with E-state index in [2.05, 4.69) is 4.74 Å². The molecule has 2 aliphatic rings. The first-order valence-corrected chi connectivity index (χ1v) is 5.08. The van der Waals surface area contributed by atoms with E-state index >= 15 is 0 Å². The third kappa shape index (κ3) is 1.33. The summed E-state index contributed by atoms with van der Waals surface area (Å²) in [6.45, 7) is 3.53. The summed E-state index contributed by atoms with van der Waals surface area (Å²) < 4.78 is 15.5. The lowest BCUT2D eigenvalue weighted by molar-refractivity contribution is -0.142. The molecule has 2 heterocycles. The van der Waals surface area contributed by atoms with Gasteiger partial charge in [-0.15, -0.1) is 0 Å². The molecule has 4 nitrogen and oxygen atoms in total. The molecular weight excluding hydrogens is 184 g/mol. The summed E-state index contributed by atoms with van der Waals surface area (Å²) in [5.41, 5.74) is -0.288. The first kappa shape index (κ1) is 9.93. The summed E-state index contributed by atoms with van der Waals surface area (Å²) in [6.07, 6.45) is 1.48. The van der Waals surface area contributed by atoms with Crippen molar-refractivity contribution in [2.24, 2.45) is 5.92 Å². The molecule has 3 atom stereocenters. The van der Waals surface area contributed by atoms with Gasteiger partial charge in [0.1, 0.15) is 5.60 Å². The molecule has 0 bridgehead atoms. The summed E-state index contributed by atoms with van der Waals surface area (Å²) in [4.78, 5) is 11.3. The minimum atomic E-state index is -0.357. The van der Waals surface area contributed by atoms with Crippen LogP contribution in [0, 0.1) is 5.92 Å². The fraction of sp³-hybridized carbons (Fsp3) is 0.900. The Morgan fingerprint density at radius 1 is 1.64 bits per heavy atom. The van der Waals surface area contributed by atoms with E-state index in [0.29, 0.717) is 12.5 Å². The van der Waals surface area contributed by atoms with Gasteiger partial charge in [0.05, 0.1) is 13.7 Å². The van der Waals surface area contributed by atoms with Crippen LogP contribution in [0.25, 0.3) is 0 Å². The van der Waals surface area contributed by atoms with Gasteiger partial charge in [0.15, 0.2) is 6.10 Å². The van der Waals surface area contributed by atoms with Gasteiger partial charge in [0.25, 0.3) is 0 Å². The van der Waals surface area contributed by atoms with Gasteiger partial charge in [-0.25, -0.2) is 4.79 Å². The zero-order valence-corrected chi connectivity index (χ0v) is 8.62. The van der Waals surface area contributed by atoms with E-state index in [-0.39, 0.29) is 17.7 Å². The van der Waals surface area contributed by atoms with Gasteiger partial charge in [0, 0.05) is 12.5 Å². The highest BCUT2D eigenvalue weighted by Crippen LogP contribution is 2.49. The van der Waals surface area contributed by atoms with Gasteiger partial charge in [-0.05, 0) is 12.8 Å². The zero-order valence-electron chi connectivity index (χ0n) is 8.62. The molecule has 0 aliphatic carbocycles. The van der Waals surface area contributed by atoms with Crippen molar-refractivity contribution >= 4 is 5.97 Å². The second kappa shape index (κ2) is 3.51. The lowest BCUT2D eigenvalue weighted by atomic mass is 9.86. The summed E-state index contributed by atoms with van der Waals surface area (Å²) in [5.74, 6) is 0.107. The molecule has 0 aromatic heterocycles. The fourth-order valence-corrected chi connectivity index (χ4v) is 2.33. The Morgan fingerprint density at radius 3 is 2.93 bits per heavy atom. The van der Waals surface area contributed by atoms with E-state index in [1.807, 2.05) is 6.92 Å². The standard InChI is InChI=1S/C10H16O4/c1-3-10(7-4-5-13-6-7)8(14-10)9(11)12-2/h7-8H,3-6H2,1-2H3. The molecule has 0 aromatic rings. The molecule has 0 aromatic carbocycles. The predicted octanol–water partition coefficient (Wildman–Crippen LogP) is 0.743. The fourth-order valence-electron chi connectivity index (χ4n) is 2.33. The van der Waals surface area contributed by atoms with Crippen LogP contribution in [-0.2, 0) is 19.0 Å². The third-order valence-corrected chi connectivity index (χ3v) is 3.31. The van der Waals surface area contributed by atoms with Gasteiger partial charge in [0.2, 0.25) is 0 Å². The molecule has 4 heteroatoms. The van der Waals surface area contributed by atoms with Crippen molar-refractivity contribution in [1.82, 2.24) is 0 Å². The molecule has 2 aliphatic heterocycles. The minimum Gasteiger partial charge on any atom is -0.467 e. The van der Waals surface area contributed by atoms with E-state index in [1.54, 1.807) is 0 Å².